The molecule has 0 aromatic carbocycles. The summed E-state index contributed by atoms with van der Waals surface area (Å²) in [6.07, 6.45) is 3.88. The number of nitrogens with zero attached hydrogens (tertiary/aromatic N) is 1. The van der Waals surface area contributed by atoms with Crippen LogP contribution in [0.5, 0.6) is 0 Å². The van der Waals surface area contributed by atoms with Gasteiger partial charge in [-0.25, -0.2) is 4.79 Å². The Hall–Kier alpha value is -1.64. The predicted octanol–water partition coefficient (Wildman–Crippen LogP) is 2.27. The fourth-order valence-electron chi connectivity index (χ4n) is 1.17. The van der Waals surface area contributed by atoms with E-state index in [2.05, 4.69) is 4.98 Å². The van der Waals surface area contributed by atoms with Crippen molar-refractivity contribution in [3.63, 3.8) is 0 Å². The highest BCUT2D eigenvalue weighted by atomic mass is 16.4. The minimum absolute atomic E-state index is 0.413. The zero-order valence-corrected chi connectivity index (χ0v) is 8.32. The second-order valence-electron chi connectivity index (χ2n) is 3.06. The Bertz CT molecular complexity index is 369. The van der Waals surface area contributed by atoms with E-state index in [9.17, 15) is 4.79 Å². The van der Waals surface area contributed by atoms with Gasteiger partial charge in [0.25, 0.3) is 0 Å². The van der Waals surface area contributed by atoms with E-state index in [1.54, 1.807) is 18.3 Å². The zero-order chi connectivity index (χ0) is 10.6. The van der Waals surface area contributed by atoms with E-state index in [-0.39, 0.29) is 0 Å². The van der Waals surface area contributed by atoms with E-state index in [1.807, 2.05) is 19.9 Å². The lowest BCUT2D eigenvalue weighted by molar-refractivity contribution is -0.132. The van der Waals surface area contributed by atoms with Crippen LogP contribution in [0.3, 0.4) is 0 Å². The van der Waals surface area contributed by atoms with Gasteiger partial charge >= 0.3 is 5.97 Å². The number of aliphatic carboxylic acids is 1. The van der Waals surface area contributed by atoms with E-state index in [1.165, 1.54) is 0 Å². The number of carbonyl (C=O) groups is 1. The molecular weight excluding hydrogens is 178 g/mol. The number of aryl methyl sites for hydroxylation is 1. The first-order valence-corrected chi connectivity index (χ1v) is 4.50. The molecular formula is C11H13NO2. The van der Waals surface area contributed by atoms with Crippen molar-refractivity contribution < 1.29 is 9.90 Å². The Kier molecular flexibility index (Phi) is 3.40. The largest absolute Gasteiger partial charge is 0.478 e. The maximum atomic E-state index is 10.7. The highest BCUT2D eigenvalue weighted by molar-refractivity contribution is 5.91. The Morgan fingerprint density at radius 2 is 2.36 bits per heavy atom. The van der Waals surface area contributed by atoms with Gasteiger partial charge < -0.3 is 5.11 Å². The summed E-state index contributed by atoms with van der Waals surface area (Å²) in [6.45, 7) is 3.71. The summed E-state index contributed by atoms with van der Waals surface area (Å²) in [6, 6.07) is 3.66. The third-order valence-electron chi connectivity index (χ3n) is 1.92. The van der Waals surface area contributed by atoms with E-state index in [0.29, 0.717) is 12.0 Å². The molecule has 0 fully saturated rings. The second kappa shape index (κ2) is 4.56. The minimum Gasteiger partial charge on any atom is -0.478 e. The fraction of sp³-hybridized carbons (Fsp3) is 0.273. The van der Waals surface area contributed by atoms with Crippen LogP contribution in [0.15, 0.2) is 23.9 Å². The molecule has 0 aliphatic carbocycles. The highest BCUT2D eigenvalue weighted by Gasteiger charge is 2.03. The summed E-state index contributed by atoms with van der Waals surface area (Å²) in [7, 11) is 0. The molecule has 0 atom stereocenters. The summed E-state index contributed by atoms with van der Waals surface area (Å²) in [5.41, 5.74) is 2.19. The first kappa shape index (κ1) is 10.4. The Balaban J connectivity index is 3.00. The molecule has 1 heterocycles. The molecule has 0 spiro atoms. The lowest BCUT2D eigenvalue weighted by atomic mass is 10.1. The smallest absolute Gasteiger partial charge is 0.331 e. The monoisotopic (exact) mass is 191 g/mol. The van der Waals surface area contributed by atoms with Crippen molar-refractivity contribution in [3.05, 3.63) is 35.2 Å². The highest BCUT2D eigenvalue weighted by Crippen LogP contribution is 2.10. The quantitative estimate of drug-likeness (QED) is 0.745. The number of aromatic nitrogens is 1. The van der Waals surface area contributed by atoms with Gasteiger partial charge in [0, 0.05) is 17.5 Å². The Morgan fingerprint density at radius 1 is 1.64 bits per heavy atom. The van der Waals surface area contributed by atoms with Crippen molar-refractivity contribution in [3.8, 4) is 0 Å². The van der Waals surface area contributed by atoms with Gasteiger partial charge in [-0.15, -0.1) is 0 Å². The van der Waals surface area contributed by atoms with Gasteiger partial charge in [0.15, 0.2) is 0 Å². The molecule has 0 unspecified atom stereocenters. The molecule has 1 aromatic rings. The summed E-state index contributed by atoms with van der Waals surface area (Å²) in [4.78, 5) is 14.8. The molecule has 0 bridgehead atoms. The summed E-state index contributed by atoms with van der Waals surface area (Å²) < 4.78 is 0. The van der Waals surface area contributed by atoms with E-state index < -0.39 is 5.97 Å². The van der Waals surface area contributed by atoms with Crippen molar-refractivity contribution in [2.75, 3.05) is 0 Å². The third kappa shape index (κ3) is 2.69. The number of rotatable bonds is 3. The molecule has 1 rings (SSSR count). The van der Waals surface area contributed by atoms with Crippen LogP contribution in [0, 0.1) is 6.92 Å². The zero-order valence-electron chi connectivity index (χ0n) is 8.32. The molecule has 1 aromatic heterocycles. The summed E-state index contributed by atoms with van der Waals surface area (Å²) in [5, 5.41) is 8.82. The van der Waals surface area contributed by atoms with Crippen molar-refractivity contribution >= 4 is 12.0 Å². The van der Waals surface area contributed by atoms with Crippen LogP contribution in [0.2, 0.25) is 0 Å². The van der Waals surface area contributed by atoms with Crippen LogP contribution in [-0.4, -0.2) is 16.1 Å². The molecule has 3 nitrogen and oxygen atoms in total. The lowest BCUT2D eigenvalue weighted by Crippen LogP contribution is -1.98. The molecule has 1 N–H and O–H groups in total. The first-order chi connectivity index (χ1) is 6.63. The Labute approximate surface area is 83.1 Å². The van der Waals surface area contributed by atoms with E-state index >= 15 is 0 Å². The van der Waals surface area contributed by atoms with Crippen LogP contribution < -0.4 is 0 Å². The molecule has 3 heteroatoms. The van der Waals surface area contributed by atoms with Gasteiger partial charge in [0.2, 0.25) is 0 Å². The molecule has 0 aliphatic heterocycles. The SMILES string of the molecule is CCC(=Cc1ccnc(C)c1)C(=O)O. The minimum atomic E-state index is -0.859. The van der Waals surface area contributed by atoms with Crippen molar-refractivity contribution in [2.45, 2.75) is 20.3 Å². The molecule has 74 valence electrons. The molecule has 0 saturated heterocycles. The van der Waals surface area contributed by atoms with Crippen LogP contribution >= 0.6 is 0 Å². The number of carboxylic acid groups (broad SMARTS) is 1. The molecule has 0 amide bonds. The summed E-state index contributed by atoms with van der Waals surface area (Å²) >= 11 is 0. The first-order valence-electron chi connectivity index (χ1n) is 4.50. The third-order valence-corrected chi connectivity index (χ3v) is 1.92. The average Bonchev–Trinajstić information content (AvgIpc) is 2.14. The van der Waals surface area contributed by atoms with Gasteiger partial charge in [0.05, 0.1) is 0 Å². The fourth-order valence-corrected chi connectivity index (χ4v) is 1.17. The van der Waals surface area contributed by atoms with Gasteiger partial charge in [-0.2, -0.15) is 0 Å². The predicted molar refractivity (Wildman–Crippen MR) is 54.9 cm³/mol. The normalized spacial score (nSPS) is 11.4. The molecule has 14 heavy (non-hydrogen) atoms. The van der Waals surface area contributed by atoms with Gasteiger partial charge in [-0.3, -0.25) is 4.98 Å². The number of hydrogen-bond acceptors (Lipinski definition) is 2. The average molecular weight is 191 g/mol. The molecule has 0 saturated carbocycles. The summed E-state index contributed by atoms with van der Waals surface area (Å²) in [5.74, 6) is -0.859. The number of carboxylic acids is 1. The lowest BCUT2D eigenvalue weighted by Gasteiger charge is -1.99. The van der Waals surface area contributed by atoms with E-state index in [0.717, 1.165) is 11.3 Å². The number of hydrogen-bond donors (Lipinski definition) is 1. The van der Waals surface area contributed by atoms with Crippen molar-refractivity contribution in [2.24, 2.45) is 0 Å². The standard InChI is InChI=1S/C11H13NO2/c1-3-10(11(13)14)7-9-4-5-12-8(2)6-9/h4-7H,3H2,1-2H3,(H,13,14). The topological polar surface area (TPSA) is 50.2 Å². The van der Waals surface area contributed by atoms with Crippen LogP contribution in [-0.2, 0) is 4.79 Å². The van der Waals surface area contributed by atoms with Gasteiger partial charge in [-0.05, 0) is 37.1 Å². The van der Waals surface area contributed by atoms with E-state index in [4.69, 9.17) is 5.11 Å². The van der Waals surface area contributed by atoms with Crippen LogP contribution in [0.4, 0.5) is 0 Å². The van der Waals surface area contributed by atoms with Gasteiger partial charge in [0.1, 0.15) is 0 Å². The van der Waals surface area contributed by atoms with Crippen LogP contribution in [0.1, 0.15) is 24.6 Å². The Morgan fingerprint density at radius 3 is 2.86 bits per heavy atom. The maximum Gasteiger partial charge on any atom is 0.331 e. The van der Waals surface area contributed by atoms with Crippen LogP contribution in [0.25, 0.3) is 6.08 Å². The number of pyridine rings is 1. The maximum absolute atomic E-state index is 10.7. The second-order valence-corrected chi connectivity index (χ2v) is 3.06. The molecule has 0 radical (unpaired) electrons. The van der Waals surface area contributed by atoms with Crippen molar-refractivity contribution in [1.29, 1.82) is 0 Å². The molecule has 0 aliphatic rings. The van der Waals surface area contributed by atoms with Crippen molar-refractivity contribution in [1.82, 2.24) is 4.98 Å². The van der Waals surface area contributed by atoms with Gasteiger partial charge in [-0.1, -0.05) is 6.92 Å².